The summed E-state index contributed by atoms with van der Waals surface area (Å²) < 4.78 is 41.7. The van der Waals surface area contributed by atoms with Gasteiger partial charge in [-0.1, -0.05) is 28.3 Å². The Morgan fingerprint density at radius 3 is 2.71 bits per heavy atom. The number of aliphatic carboxylic acids is 1. The average molecular weight is 612 g/mol. The topological polar surface area (TPSA) is 212 Å². The molecule has 0 spiro atoms. The first-order valence-electron chi connectivity index (χ1n) is 10.2. The third-order valence-electron chi connectivity index (χ3n) is 4.78. The second-order valence-corrected chi connectivity index (χ2v) is 11.5. The normalized spacial score (nSPS) is 19.7. The largest absolute Gasteiger partial charge is 0.477 e. The Labute approximate surface area is 227 Å². The summed E-state index contributed by atoms with van der Waals surface area (Å²) in [6.07, 6.45) is -4.72. The number of hydrogen-bond donors (Lipinski definition) is 4. The van der Waals surface area contributed by atoms with Crippen LogP contribution in [0.3, 0.4) is 0 Å². The molecule has 1 saturated heterocycles. The summed E-state index contributed by atoms with van der Waals surface area (Å²) in [7, 11) is 0. The second kappa shape index (κ2) is 11.4. The van der Waals surface area contributed by atoms with Crippen LogP contribution < -0.4 is 16.8 Å². The molecule has 2 amide bonds. The molecule has 4 heterocycles. The van der Waals surface area contributed by atoms with E-state index in [2.05, 4.69) is 34.9 Å². The van der Waals surface area contributed by atoms with Gasteiger partial charge in [-0.05, 0) is 5.57 Å². The van der Waals surface area contributed by atoms with Gasteiger partial charge in [-0.2, -0.15) is 22.5 Å². The number of carboxylic acid groups (broad SMARTS) is 1. The fourth-order valence-electron chi connectivity index (χ4n) is 3.22. The lowest BCUT2D eigenvalue weighted by Crippen LogP contribution is -2.71. The number of thioether (sulfide) groups is 2. The standard InChI is InChI=1S/C17H16F3N9O5S4/c18-17(19,20)4-34-27-7(10-24-15(22)38-28-10)11(30)23-8-12(31)29-9(14(32)33)5(2-35-13(8)29)3-36-16-26-25-6(1-21)37-16/h8,13H,1-4,21H2,(H,23,30)(H,32,33)(H2,22,24,28)/b27-7+. The minimum absolute atomic E-state index is 0.0838. The van der Waals surface area contributed by atoms with Crippen LogP contribution in [-0.4, -0.2) is 88.8 Å². The van der Waals surface area contributed by atoms with Gasteiger partial charge in [0.2, 0.25) is 18.1 Å². The number of nitrogens with zero attached hydrogens (tertiary/aromatic N) is 6. The van der Waals surface area contributed by atoms with Crippen molar-refractivity contribution in [1.82, 2.24) is 29.8 Å². The van der Waals surface area contributed by atoms with Gasteiger partial charge in [-0.3, -0.25) is 14.5 Å². The summed E-state index contributed by atoms with van der Waals surface area (Å²) >= 11 is 4.40. The number of amides is 2. The van der Waals surface area contributed by atoms with E-state index >= 15 is 0 Å². The van der Waals surface area contributed by atoms with Crippen molar-refractivity contribution in [2.45, 2.75) is 28.5 Å². The molecule has 2 aliphatic heterocycles. The smallest absolute Gasteiger partial charge is 0.425 e. The molecule has 0 saturated carbocycles. The third-order valence-corrected chi connectivity index (χ3v) is 8.83. The molecule has 14 nitrogen and oxygen atoms in total. The zero-order valence-electron chi connectivity index (χ0n) is 18.7. The highest BCUT2D eigenvalue weighted by Gasteiger charge is 2.54. The maximum absolute atomic E-state index is 12.9. The number of nitrogen functional groups attached to an aromatic ring is 1. The molecular weight excluding hydrogens is 596 g/mol. The number of anilines is 1. The fourth-order valence-corrected chi connectivity index (χ4v) is 6.91. The summed E-state index contributed by atoms with van der Waals surface area (Å²) in [5, 5.41) is 23.0. The maximum Gasteiger partial charge on any atom is 0.425 e. The molecule has 2 unspecified atom stereocenters. The molecule has 21 heteroatoms. The number of carbonyl (C=O) groups is 3. The maximum atomic E-state index is 12.9. The highest BCUT2D eigenvalue weighted by atomic mass is 32.2. The first kappa shape index (κ1) is 28.0. The Bertz CT molecular complexity index is 1310. The molecule has 2 aliphatic rings. The highest BCUT2D eigenvalue weighted by molar-refractivity contribution is 8.01. The minimum atomic E-state index is -4.72. The number of carbonyl (C=O) groups excluding carboxylic acids is 2. The van der Waals surface area contributed by atoms with Crippen LogP contribution in [0.15, 0.2) is 20.8 Å². The quantitative estimate of drug-likeness (QED) is 0.123. The van der Waals surface area contributed by atoms with Crippen molar-refractivity contribution in [3.05, 3.63) is 22.1 Å². The lowest BCUT2D eigenvalue weighted by atomic mass is 10.0. The third kappa shape index (κ3) is 6.17. The van der Waals surface area contributed by atoms with Crippen LogP contribution in [-0.2, 0) is 25.8 Å². The van der Waals surface area contributed by atoms with E-state index in [0.717, 1.165) is 4.90 Å². The molecule has 0 aliphatic carbocycles. The Balaban J connectivity index is 1.48. The highest BCUT2D eigenvalue weighted by Crippen LogP contribution is 2.41. The predicted octanol–water partition coefficient (Wildman–Crippen LogP) is 0.244. The molecular formula is C17H16F3N9O5S4. The Hall–Kier alpha value is -3.01. The van der Waals surface area contributed by atoms with Crippen LogP contribution in [0.5, 0.6) is 0 Å². The molecule has 0 bridgehead atoms. The van der Waals surface area contributed by atoms with Crippen LogP contribution in [0.2, 0.25) is 0 Å². The van der Waals surface area contributed by atoms with Crippen LogP contribution in [0, 0.1) is 0 Å². The van der Waals surface area contributed by atoms with Gasteiger partial charge < -0.3 is 26.7 Å². The van der Waals surface area contributed by atoms with Crippen molar-refractivity contribution in [2.24, 2.45) is 10.9 Å². The van der Waals surface area contributed by atoms with E-state index in [4.69, 9.17) is 11.5 Å². The van der Waals surface area contributed by atoms with E-state index in [1.54, 1.807) is 0 Å². The lowest BCUT2D eigenvalue weighted by molar-refractivity contribution is -0.174. The number of hydrogen-bond acceptors (Lipinski definition) is 15. The molecule has 0 radical (unpaired) electrons. The molecule has 2 atom stereocenters. The van der Waals surface area contributed by atoms with Gasteiger partial charge in [-0.25, -0.2) is 4.79 Å². The number of nitrogens with two attached hydrogens (primary N) is 2. The van der Waals surface area contributed by atoms with Gasteiger partial charge in [0.1, 0.15) is 22.1 Å². The van der Waals surface area contributed by atoms with Crippen molar-refractivity contribution in [3.63, 3.8) is 0 Å². The van der Waals surface area contributed by atoms with E-state index in [0.29, 0.717) is 26.5 Å². The molecule has 2 aromatic heterocycles. The number of fused-ring (bicyclic) bond motifs is 1. The van der Waals surface area contributed by atoms with Gasteiger partial charge in [0.05, 0.1) is 0 Å². The number of rotatable bonds is 10. The molecule has 38 heavy (non-hydrogen) atoms. The zero-order valence-corrected chi connectivity index (χ0v) is 21.9. The molecule has 4 rings (SSSR count). The van der Waals surface area contributed by atoms with Crippen molar-refractivity contribution in [2.75, 3.05) is 23.8 Å². The number of halogens is 3. The van der Waals surface area contributed by atoms with Crippen molar-refractivity contribution >= 4 is 75.0 Å². The number of β-lactam (4-membered cyclic amide) rings is 1. The van der Waals surface area contributed by atoms with Crippen LogP contribution in [0.4, 0.5) is 18.3 Å². The van der Waals surface area contributed by atoms with Crippen LogP contribution in [0.25, 0.3) is 0 Å². The Morgan fingerprint density at radius 1 is 1.34 bits per heavy atom. The van der Waals surface area contributed by atoms with Crippen molar-refractivity contribution in [3.8, 4) is 0 Å². The minimum Gasteiger partial charge on any atom is -0.477 e. The van der Waals surface area contributed by atoms with E-state index < -0.39 is 53.5 Å². The first-order valence-corrected chi connectivity index (χ1v) is 13.8. The van der Waals surface area contributed by atoms with Gasteiger partial charge in [0.25, 0.3) is 11.8 Å². The average Bonchev–Trinajstić information content (AvgIpc) is 3.51. The predicted molar refractivity (Wildman–Crippen MR) is 131 cm³/mol. The Morgan fingerprint density at radius 2 is 2.11 bits per heavy atom. The van der Waals surface area contributed by atoms with E-state index in [1.807, 2.05) is 0 Å². The summed E-state index contributed by atoms with van der Waals surface area (Å²) in [4.78, 5) is 46.8. The SMILES string of the molecule is NCc1nnc(SCC2=C(C(=O)O)N3C(=O)C(NC(=O)/C(=N/OCC(F)(F)F)c4nsc(N)n4)C3SC2)s1. The molecule has 2 aromatic rings. The van der Waals surface area contributed by atoms with Gasteiger partial charge >= 0.3 is 12.1 Å². The summed E-state index contributed by atoms with van der Waals surface area (Å²) in [6.45, 7) is -1.56. The zero-order chi connectivity index (χ0) is 27.6. The lowest BCUT2D eigenvalue weighted by Gasteiger charge is -2.49. The van der Waals surface area contributed by atoms with E-state index in [9.17, 15) is 32.7 Å². The van der Waals surface area contributed by atoms with E-state index in [-0.39, 0.29) is 28.9 Å². The van der Waals surface area contributed by atoms with Crippen molar-refractivity contribution < 1.29 is 37.5 Å². The summed E-state index contributed by atoms with van der Waals surface area (Å²) in [6, 6.07) is -1.19. The Kier molecular flexibility index (Phi) is 8.40. The second-order valence-electron chi connectivity index (χ2n) is 7.36. The molecule has 6 N–H and O–H groups in total. The number of alkyl halides is 3. The van der Waals surface area contributed by atoms with E-state index in [1.165, 1.54) is 34.9 Å². The van der Waals surface area contributed by atoms with Gasteiger partial charge in [0, 0.05) is 29.6 Å². The monoisotopic (exact) mass is 611 g/mol. The number of oxime groups is 1. The van der Waals surface area contributed by atoms with Gasteiger partial charge in [-0.15, -0.1) is 22.0 Å². The van der Waals surface area contributed by atoms with Gasteiger partial charge in [0.15, 0.2) is 9.47 Å². The van der Waals surface area contributed by atoms with Crippen LogP contribution in [0.1, 0.15) is 10.8 Å². The first-order chi connectivity index (χ1) is 18.0. The number of aromatic nitrogens is 4. The van der Waals surface area contributed by atoms with Crippen LogP contribution >= 0.6 is 46.4 Å². The summed E-state index contributed by atoms with van der Waals surface area (Å²) in [5.41, 5.74) is 10.5. The molecule has 1 fully saturated rings. The number of carboxylic acids is 1. The fraction of sp³-hybridized carbons (Fsp3) is 0.412. The molecule has 0 aromatic carbocycles. The molecule has 204 valence electrons. The number of nitrogens with one attached hydrogen (secondary N) is 1. The van der Waals surface area contributed by atoms with Crippen molar-refractivity contribution in [1.29, 1.82) is 0 Å². The summed E-state index contributed by atoms with van der Waals surface area (Å²) in [5.74, 6) is -3.08.